The summed E-state index contributed by atoms with van der Waals surface area (Å²) in [5, 5.41) is 0.904. The monoisotopic (exact) mass is 393 g/mol. The van der Waals surface area contributed by atoms with Crippen molar-refractivity contribution >= 4 is 42.4 Å². The van der Waals surface area contributed by atoms with Crippen molar-refractivity contribution in [3.63, 3.8) is 0 Å². The van der Waals surface area contributed by atoms with Crippen LogP contribution in [0.25, 0.3) is 10.2 Å². The molecule has 1 fully saturated rings. The molecule has 1 aliphatic heterocycles. The largest absolute Gasteiger partial charge is 0.378 e. The van der Waals surface area contributed by atoms with Gasteiger partial charge < -0.3 is 9.64 Å². The van der Waals surface area contributed by atoms with Crippen LogP contribution in [0.15, 0.2) is 47.4 Å². The van der Waals surface area contributed by atoms with Crippen LogP contribution in [-0.2, 0) is 14.8 Å². The summed E-state index contributed by atoms with van der Waals surface area (Å²) in [5.74, 6) is -0.481. The van der Waals surface area contributed by atoms with Crippen LogP contribution < -0.4 is 9.62 Å². The number of rotatable bonds is 4. The Morgan fingerprint density at radius 3 is 2.58 bits per heavy atom. The standard InChI is InChI=1S/C17H16FN3O3S2/c18-12-1-4-14(5-2-12)26(22,23)20-13-3-6-15-16(11-13)25-17(19-15)21-7-9-24-10-8-21/h1-6,11,20H,7-10H2. The maximum Gasteiger partial charge on any atom is 0.261 e. The van der Waals surface area contributed by atoms with Gasteiger partial charge in [0.25, 0.3) is 10.0 Å². The summed E-state index contributed by atoms with van der Waals surface area (Å²) in [4.78, 5) is 6.79. The number of nitrogens with one attached hydrogen (secondary N) is 1. The zero-order valence-corrected chi connectivity index (χ0v) is 15.3. The number of sulfonamides is 1. The Kier molecular flexibility index (Phi) is 4.51. The van der Waals surface area contributed by atoms with Gasteiger partial charge in [0.2, 0.25) is 0 Å². The minimum absolute atomic E-state index is 0.0114. The molecule has 0 spiro atoms. The number of benzene rings is 2. The fraction of sp³-hybridized carbons (Fsp3) is 0.235. The number of halogens is 1. The van der Waals surface area contributed by atoms with E-state index < -0.39 is 15.8 Å². The molecule has 3 aromatic rings. The van der Waals surface area contributed by atoms with Gasteiger partial charge in [0, 0.05) is 13.1 Å². The Labute approximate surface area is 154 Å². The molecule has 26 heavy (non-hydrogen) atoms. The number of ether oxygens (including phenoxy) is 1. The molecule has 4 rings (SSSR count). The minimum atomic E-state index is -3.77. The highest BCUT2D eigenvalue weighted by Crippen LogP contribution is 2.31. The molecular formula is C17H16FN3O3S2. The first kappa shape index (κ1) is 17.2. The van der Waals surface area contributed by atoms with Crippen molar-refractivity contribution < 1.29 is 17.5 Å². The van der Waals surface area contributed by atoms with Crippen molar-refractivity contribution in [2.24, 2.45) is 0 Å². The molecule has 0 saturated carbocycles. The highest BCUT2D eigenvalue weighted by molar-refractivity contribution is 7.92. The number of nitrogens with zero attached hydrogens (tertiary/aromatic N) is 2. The summed E-state index contributed by atoms with van der Waals surface area (Å²) >= 11 is 1.52. The number of thiazole rings is 1. The van der Waals surface area contributed by atoms with Crippen LogP contribution in [0.1, 0.15) is 0 Å². The number of hydrogen-bond donors (Lipinski definition) is 1. The van der Waals surface area contributed by atoms with Crippen molar-refractivity contribution in [2.75, 3.05) is 35.9 Å². The first-order valence-electron chi connectivity index (χ1n) is 8.03. The van der Waals surface area contributed by atoms with E-state index in [1.165, 1.54) is 23.5 Å². The maximum atomic E-state index is 13.0. The van der Waals surface area contributed by atoms with Crippen LogP contribution >= 0.6 is 11.3 Å². The fourth-order valence-corrected chi connectivity index (χ4v) is 4.80. The lowest BCUT2D eigenvalue weighted by molar-refractivity contribution is 0.122. The van der Waals surface area contributed by atoms with Gasteiger partial charge in [-0.1, -0.05) is 11.3 Å². The third kappa shape index (κ3) is 3.50. The third-order valence-electron chi connectivity index (χ3n) is 4.03. The van der Waals surface area contributed by atoms with Crippen molar-refractivity contribution in [3.8, 4) is 0 Å². The van der Waals surface area contributed by atoms with Gasteiger partial charge in [0.1, 0.15) is 5.82 Å². The quantitative estimate of drug-likeness (QED) is 0.738. The molecule has 2 aromatic carbocycles. The van der Waals surface area contributed by atoms with E-state index in [2.05, 4.69) is 14.6 Å². The molecule has 1 saturated heterocycles. The first-order valence-corrected chi connectivity index (χ1v) is 10.3. The first-order chi connectivity index (χ1) is 12.5. The van der Waals surface area contributed by atoms with E-state index >= 15 is 0 Å². The molecular weight excluding hydrogens is 377 g/mol. The van der Waals surface area contributed by atoms with Gasteiger partial charge in [-0.2, -0.15) is 0 Å². The normalized spacial score (nSPS) is 15.3. The molecule has 136 valence electrons. The van der Waals surface area contributed by atoms with Gasteiger partial charge in [-0.05, 0) is 42.5 Å². The Balaban J connectivity index is 1.59. The Bertz CT molecular complexity index is 1030. The molecule has 1 N–H and O–H groups in total. The SMILES string of the molecule is O=S(=O)(Nc1ccc2nc(N3CCOCC3)sc2c1)c1ccc(F)cc1. The average molecular weight is 393 g/mol. The molecule has 0 radical (unpaired) electrons. The van der Waals surface area contributed by atoms with Gasteiger partial charge in [0.05, 0.1) is 34.0 Å². The van der Waals surface area contributed by atoms with E-state index in [0.717, 1.165) is 40.6 Å². The summed E-state index contributed by atoms with van der Waals surface area (Å²) in [6, 6.07) is 9.94. The fourth-order valence-electron chi connectivity index (χ4n) is 2.69. The molecule has 0 aliphatic carbocycles. The molecule has 1 aliphatic rings. The average Bonchev–Trinajstić information content (AvgIpc) is 3.06. The minimum Gasteiger partial charge on any atom is -0.378 e. The lowest BCUT2D eigenvalue weighted by Crippen LogP contribution is -2.36. The molecule has 0 unspecified atom stereocenters. The van der Waals surface area contributed by atoms with E-state index in [1.807, 2.05) is 0 Å². The molecule has 0 atom stereocenters. The molecule has 9 heteroatoms. The van der Waals surface area contributed by atoms with E-state index in [-0.39, 0.29) is 4.90 Å². The summed E-state index contributed by atoms with van der Waals surface area (Å²) in [7, 11) is -3.77. The lowest BCUT2D eigenvalue weighted by atomic mass is 10.3. The highest BCUT2D eigenvalue weighted by Gasteiger charge is 2.17. The summed E-state index contributed by atoms with van der Waals surface area (Å²) in [6.07, 6.45) is 0. The second-order valence-electron chi connectivity index (χ2n) is 5.84. The number of anilines is 2. The number of fused-ring (bicyclic) bond motifs is 1. The summed E-state index contributed by atoms with van der Waals surface area (Å²) in [6.45, 7) is 2.95. The van der Waals surface area contributed by atoms with Crippen molar-refractivity contribution in [2.45, 2.75) is 4.90 Å². The van der Waals surface area contributed by atoms with Crippen LogP contribution in [0, 0.1) is 5.82 Å². The summed E-state index contributed by atoms with van der Waals surface area (Å²) < 4.78 is 46.6. The molecule has 2 heterocycles. The Morgan fingerprint density at radius 1 is 1.12 bits per heavy atom. The Hall–Kier alpha value is -2.23. The predicted molar refractivity (Wildman–Crippen MR) is 99.9 cm³/mol. The topological polar surface area (TPSA) is 71.5 Å². The van der Waals surface area contributed by atoms with Crippen molar-refractivity contribution in [1.29, 1.82) is 0 Å². The van der Waals surface area contributed by atoms with Crippen LogP contribution in [0.5, 0.6) is 0 Å². The number of hydrogen-bond acceptors (Lipinski definition) is 6. The van der Waals surface area contributed by atoms with Crippen molar-refractivity contribution in [3.05, 3.63) is 48.3 Å². The maximum absolute atomic E-state index is 13.0. The predicted octanol–water partition coefficient (Wildman–Crippen LogP) is 3.07. The van der Waals surface area contributed by atoms with Crippen LogP contribution in [-0.4, -0.2) is 39.7 Å². The molecule has 0 amide bonds. The molecule has 0 bridgehead atoms. The highest BCUT2D eigenvalue weighted by atomic mass is 32.2. The Morgan fingerprint density at radius 2 is 1.85 bits per heavy atom. The molecule has 6 nitrogen and oxygen atoms in total. The van der Waals surface area contributed by atoms with Gasteiger partial charge in [0.15, 0.2) is 5.13 Å². The van der Waals surface area contributed by atoms with Crippen LogP contribution in [0.4, 0.5) is 15.2 Å². The third-order valence-corrected chi connectivity index (χ3v) is 6.51. The van der Waals surface area contributed by atoms with Crippen molar-refractivity contribution in [1.82, 2.24) is 4.98 Å². The zero-order chi connectivity index (χ0) is 18.1. The second kappa shape index (κ2) is 6.82. The van der Waals surface area contributed by atoms with Gasteiger partial charge in [-0.25, -0.2) is 17.8 Å². The summed E-state index contributed by atoms with van der Waals surface area (Å²) in [5.41, 5.74) is 1.26. The smallest absolute Gasteiger partial charge is 0.261 e. The zero-order valence-electron chi connectivity index (χ0n) is 13.7. The van der Waals surface area contributed by atoms with Gasteiger partial charge >= 0.3 is 0 Å². The second-order valence-corrected chi connectivity index (χ2v) is 8.53. The van der Waals surface area contributed by atoms with E-state index in [0.29, 0.717) is 18.9 Å². The number of morpholine rings is 1. The van der Waals surface area contributed by atoms with Crippen LogP contribution in [0.3, 0.4) is 0 Å². The number of aromatic nitrogens is 1. The van der Waals surface area contributed by atoms with Crippen LogP contribution in [0.2, 0.25) is 0 Å². The van der Waals surface area contributed by atoms with E-state index in [1.54, 1.807) is 18.2 Å². The molecule has 1 aromatic heterocycles. The van der Waals surface area contributed by atoms with Gasteiger partial charge in [-0.3, -0.25) is 4.72 Å². The van der Waals surface area contributed by atoms with E-state index in [4.69, 9.17) is 4.74 Å². The van der Waals surface area contributed by atoms with Gasteiger partial charge in [-0.15, -0.1) is 0 Å². The van der Waals surface area contributed by atoms with E-state index in [9.17, 15) is 12.8 Å². The lowest BCUT2D eigenvalue weighted by Gasteiger charge is -2.25.